The smallest absolute Gasteiger partial charge is 0.265 e. The summed E-state index contributed by atoms with van der Waals surface area (Å²) in [4.78, 5) is 16.8. The van der Waals surface area contributed by atoms with Crippen LogP contribution in [0.1, 0.15) is 10.4 Å². The Kier molecular flexibility index (Phi) is 6.38. The van der Waals surface area contributed by atoms with E-state index < -0.39 is 22.0 Å². The van der Waals surface area contributed by atoms with E-state index in [-0.39, 0.29) is 11.3 Å². The van der Waals surface area contributed by atoms with Gasteiger partial charge in [-0.1, -0.05) is 64.5 Å². The maximum absolute atomic E-state index is 13.6. The molecule has 0 bridgehead atoms. The molecule has 176 valence electrons. The summed E-state index contributed by atoms with van der Waals surface area (Å²) in [7, 11) is -3.97. The first kappa shape index (κ1) is 23.2. The number of fused-ring (bicyclic) bond motifs is 1. The SMILES string of the molecule is O=C(C(Cc1c[nH]c2ccccc12)NS(=O)(=O)c1ccc(Br)cc1)n1ccc(-c2ccccc2)n1. The van der Waals surface area contributed by atoms with Crippen LogP contribution < -0.4 is 4.72 Å². The number of carbonyl (C=O) groups is 1. The number of hydrogen-bond donors (Lipinski definition) is 2. The Morgan fingerprint density at radius 1 is 0.971 bits per heavy atom. The van der Waals surface area contributed by atoms with E-state index in [0.717, 1.165) is 26.5 Å². The molecule has 5 aromatic rings. The maximum atomic E-state index is 13.6. The van der Waals surface area contributed by atoms with Crippen molar-refractivity contribution in [2.24, 2.45) is 0 Å². The number of nitrogens with zero attached hydrogens (tertiary/aromatic N) is 2. The fourth-order valence-electron chi connectivity index (χ4n) is 3.94. The van der Waals surface area contributed by atoms with Crippen LogP contribution >= 0.6 is 15.9 Å². The highest BCUT2D eigenvalue weighted by atomic mass is 79.9. The molecule has 0 saturated heterocycles. The summed E-state index contributed by atoms with van der Waals surface area (Å²) in [5.74, 6) is -0.474. The molecule has 5 rings (SSSR count). The molecule has 0 saturated carbocycles. The number of aromatic nitrogens is 3. The molecule has 0 amide bonds. The standard InChI is InChI=1S/C26H21BrN4O3S/c27-20-10-12-21(13-11-20)35(33,34)30-25(16-19-17-28-24-9-5-4-8-22(19)24)26(32)31-15-14-23(29-31)18-6-2-1-3-7-18/h1-15,17,25,28,30H,16H2. The zero-order chi connectivity index (χ0) is 24.4. The Morgan fingerprint density at radius 2 is 1.69 bits per heavy atom. The molecule has 3 aromatic carbocycles. The van der Waals surface area contributed by atoms with Gasteiger partial charge in [0.1, 0.15) is 6.04 Å². The van der Waals surface area contributed by atoms with Crippen molar-refractivity contribution in [3.63, 3.8) is 0 Å². The van der Waals surface area contributed by atoms with Gasteiger partial charge in [0.2, 0.25) is 10.0 Å². The number of halogens is 1. The van der Waals surface area contributed by atoms with Gasteiger partial charge >= 0.3 is 0 Å². The second-order valence-corrected chi connectivity index (χ2v) is 10.7. The number of para-hydroxylation sites is 1. The molecule has 0 aliphatic rings. The average Bonchev–Trinajstić information content (AvgIpc) is 3.52. The first-order chi connectivity index (χ1) is 16.9. The highest BCUT2D eigenvalue weighted by molar-refractivity contribution is 9.10. The van der Waals surface area contributed by atoms with Gasteiger partial charge in [0.25, 0.3) is 5.91 Å². The third-order valence-corrected chi connectivity index (χ3v) is 7.72. The van der Waals surface area contributed by atoms with Crippen LogP contribution in [-0.4, -0.2) is 35.1 Å². The number of hydrogen-bond acceptors (Lipinski definition) is 4. The summed E-state index contributed by atoms with van der Waals surface area (Å²) in [6, 6.07) is 24.1. The van der Waals surface area contributed by atoms with Crippen LogP contribution in [0.2, 0.25) is 0 Å². The minimum Gasteiger partial charge on any atom is -0.361 e. The molecule has 9 heteroatoms. The molecule has 1 atom stereocenters. The van der Waals surface area contributed by atoms with Gasteiger partial charge in [-0.15, -0.1) is 0 Å². The van der Waals surface area contributed by atoms with E-state index in [1.54, 1.807) is 30.6 Å². The van der Waals surface area contributed by atoms with Crippen LogP contribution in [0.25, 0.3) is 22.2 Å². The predicted molar refractivity (Wildman–Crippen MR) is 139 cm³/mol. The molecule has 2 aromatic heterocycles. The van der Waals surface area contributed by atoms with Gasteiger partial charge in [0.15, 0.2) is 0 Å². The van der Waals surface area contributed by atoms with Crippen molar-refractivity contribution in [2.75, 3.05) is 0 Å². The van der Waals surface area contributed by atoms with Crippen molar-refractivity contribution in [3.05, 3.63) is 107 Å². The number of benzene rings is 3. The number of rotatable bonds is 7. The van der Waals surface area contributed by atoms with Crippen LogP contribution in [0.4, 0.5) is 0 Å². The van der Waals surface area contributed by atoms with Gasteiger partial charge < -0.3 is 4.98 Å². The second kappa shape index (κ2) is 9.61. The maximum Gasteiger partial charge on any atom is 0.265 e. The number of H-pyrrole nitrogens is 1. The first-order valence-electron chi connectivity index (χ1n) is 10.9. The lowest BCUT2D eigenvalue weighted by Crippen LogP contribution is -2.44. The molecule has 0 aliphatic heterocycles. The molecule has 2 heterocycles. The lowest BCUT2D eigenvalue weighted by molar-refractivity contribution is 0.0854. The van der Waals surface area contributed by atoms with Crippen molar-refractivity contribution in [2.45, 2.75) is 17.4 Å². The summed E-state index contributed by atoms with van der Waals surface area (Å²) in [6.45, 7) is 0. The Labute approximate surface area is 211 Å². The topological polar surface area (TPSA) is 96.9 Å². The van der Waals surface area contributed by atoms with Gasteiger partial charge in [-0.3, -0.25) is 4.79 Å². The van der Waals surface area contributed by atoms with Crippen molar-refractivity contribution >= 4 is 42.8 Å². The van der Waals surface area contributed by atoms with Gasteiger partial charge in [0, 0.05) is 33.3 Å². The van der Waals surface area contributed by atoms with Gasteiger partial charge in [-0.25, -0.2) is 13.1 Å². The molecule has 7 nitrogen and oxygen atoms in total. The van der Waals surface area contributed by atoms with Gasteiger partial charge in [0.05, 0.1) is 10.6 Å². The third-order valence-electron chi connectivity index (χ3n) is 5.70. The Balaban J connectivity index is 1.49. The van der Waals surface area contributed by atoms with E-state index >= 15 is 0 Å². The minimum absolute atomic E-state index is 0.0721. The Bertz CT molecular complexity index is 1590. The van der Waals surface area contributed by atoms with E-state index in [4.69, 9.17) is 0 Å². The normalized spacial score (nSPS) is 12.6. The van der Waals surface area contributed by atoms with Crippen LogP contribution in [0, 0.1) is 0 Å². The molecule has 0 radical (unpaired) electrons. The number of nitrogens with one attached hydrogen (secondary N) is 2. The molecule has 0 spiro atoms. The lowest BCUT2D eigenvalue weighted by atomic mass is 10.1. The van der Waals surface area contributed by atoms with Crippen LogP contribution in [0.5, 0.6) is 0 Å². The van der Waals surface area contributed by atoms with E-state index in [9.17, 15) is 13.2 Å². The first-order valence-corrected chi connectivity index (χ1v) is 13.2. The molecular formula is C26H21BrN4O3S. The fraction of sp³-hybridized carbons (Fsp3) is 0.0769. The lowest BCUT2D eigenvalue weighted by Gasteiger charge is -2.17. The van der Waals surface area contributed by atoms with E-state index in [1.165, 1.54) is 16.8 Å². The summed E-state index contributed by atoms with van der Waals surface area (Å²) in [5.41, 5.74) is 3.23. The van der Waals surface area contributed by atoms with E-state index in [0.29, 0.717) is 5.69 Å². The third kappa shape index (κ3) is 4.97. The minimum atomic E-state index is -3.97. The van der Waals surface area contributed by atoms with E-state index in [1.807, 2.05) is 54.6 Å². The number of carbonyl (C=O) groups excluding carboxylic acids is 1. The van der Waals surface area contributed by atoms with Crippen molar-refractivity contribution in [1.29, 1.82) is 0 Å². The van der Waals surface area contributed by atoms with Crippen molar-refractivity contribution in [1.82, 2.24) is 19.5 Å². The molecule has 1 unspecified atom stereocenters. The molecule has 2 N–H and O–H groups in total. The van der Waals surface area contributed by atoms with Gasteiger partial charge in [-0.2, -0.15) is 9.82 Å². The second-order valence-electron chi connectivity index (χ2n) is 8.04. The zero-order valence-electron chi connectivity index (χ0n) is 18.4. The number of sulfonamides is 1. The molecule has 35 heavy (non-hydrogen) atoms. The average molecular weight is 549 g/mol. The summed E-state index contributed by atoms with van der Waals surface area (Å²) >= 11 is 3.32. The highest BCUT2D eigenvalue weighted by Gasteiger charge is 2.28. The van der Waals surface area contributed by atoms with Gasteiger partial charge in [-0.05, 0) is 48.4 Å². The summed E-state index contributed by atoms with van der Waals surface area (Å²) in [5, 5.41) is 5.35. The zero-order valence-corrected chi connectivity index (χ0v) is 20.8. The molecular weight excluding hydrogens is 528 g/mol. The largest absolute Gasteiger partial charge is 0.361 e. The summed E-state index contributed by atoms with van der Waals surface area (Å²) < 4.78 is 31.0. The van der Waals surface area contributed by atoms with Crippen LogP contribution in [0.3, 0.4) is 0 Å². The number of aromatic amines is 1. The fourth-order valence-corrected chi connectivity index (χ4v) is 5.39. The van der Waals surface area contributed by atoms with Crippen molar-refractivity contribution < 1.29 is 13.2 Å². The highest BCUT2D eigenvalue weighted by Crippen LogP contribution is 2.22. The Morgan fingerprint density at radius 3 is 2.46 bits per heavy atom. The van der Waals surface area contributed by atoms with Crippen LogP contribution in [-0.2, 0) is 16.4 Å². The predicted octanol–water partition coefficient (Wildman–Crippen LogP) is 5.02. The van der Waals surface area contributed by atoms with Crippen LogP contribution in [0.15, 0.2) is 107 Å². The molecule has 0 aliphatic carbocycles. The molecule has 0 fully saturated rings. The Hall–Kier alpha value is -3.53. The summed E-state index contributed by atoms with van der Waals surface area (Å²) in [6.07, 6.45) is 3.51. The monoisotopic (exact) mass is 548 g/mol. The van der Waals surface area contributed by atoms with E-state index in [2.05, 4.69) is 30.7 Å². The quantitative estimate of drug-likeness (QED) is 0.298. The van der Waals surface area contributed by atoms with Crippen molar-refractivity contribution in [3.8, 4) is 11.3 Å².